The van der Waals surface area contributed by atoms with Crippen LogP contribution in [0.25, 0.3) is 0 Å². The van der Waals surface area contributed by atoms with Crippen molar-refractivity contribution in [2.75, 3.05) is 39.4 Å². The predicted octanol–water partition coefficient (Wildman–Crippen LogP) is 3.08. The first-order valence-electron chi connectivity index (χ1n) is 10.4. The van der Waals surface area contributed by atoms with Crippen molar-refractivity contribution in [3.05, 3.63) is 22.7 Å². The Labute approximate surface area is 173 Å². The Morgan fingerprint density at radius 2 is 2.00 bits per heavy atom. The minimum absolute atomic E-state index is 0.483. The molecule has 0 bridgehead atoms. The molecule has 0 spiro atoms. The number of fused-ring (bicyclic) bond motifs is 1. The Kier molecular flexibility index (Phi) is 7.68. The van der Waals surface area contributed by atoms with Gasteiger partial charge in [-0.2, -0.15) is 0 Å². The largest absolute Gasteiger partial charge is 0.486 e. The second-order valence-electron chi connectivity index (χ2n) is 7.66. The maximum absolute atomic E-state index is 6.33. The minimum Gasteiger partial charge on any atom is -0.486 e. The van der Waals surface area contributed by atoms with Gasteiger partial charge in [-0.25, -0.2) is 0 Å². The van der Waals surface area contributed by atoms with Crippen molar-refractivity contribution in [2.24, 2.45) is 4.99 Å². The van der Waals surface area contributed by atoms with Crippen LogP contribution in [0.15, 0.2) is 17.1 Å². The van der Waals surface area contributed by atoms with E-state index in [0.29, 0.717) is 42.6 Å². The predicted molar refractivity (Wildman–Crippen MR) is 115 cm³/mol. The number of nitrogens with zero attached hydrogens (tertiary/aromatic N) is 2. The Bertz CT molecular complexity index is 673. The van der Waals surface area contributed by atoms with Gasteiger partial charge in [0.1, 0.15) is 13.2 Å². The van der Waals surface area contributed by atoms with Crippen molar-refractivity contribution in [1.29, 1.82) is 0 Å². The molecule has 1 saturated heterocycles. The number of hydrogen-bond acceptors (Lipinski definition) is 4. The zero-order valence-corrected chi connectivity index (χ0v) is 18.0. The number of likely N-dealkylation sites (tertiary alicyclic amines) is 1. The van der Waals surface area contributed by atoms with Crippen LogP contribution in [0.5, 0.6) is 11.5 Å². The highest BCUT2D eigenvalue weighted by Gasteiger charge is 2.21. The van der Waals surface area contributed by atoms with Crippen molar-refractivity contribution in [1.82, 2.24) is 15.5 Å². The van der Waals surface area contributed by atoms with Crippen LogP contribution >= 0.6 is 11.6 Å². The molecule has 2 aliphatic heterocycles. The number of hydrogen-bond donors (Lipinski definition) is 2. The lowest BCUT2D eigenvalue weighted by atomic mass is 10.0. The topological polar surface area (TPSA) is 58.1 Å². The van der Waals surface area contributed by atoms with E-state index >= 15 is 0 Å². The fourth-order valence-electron chi connectivity index (χ4n) is 3.68. The van der Waals surface area contributed by atoms with E-state index in [2.05, 4.69) is 36.3 Å². The summed E-state index contributed by atoms with van der Waals surface area (Å²) in [7, 11) is 0. The summed E-state index contributed by atoms with van der Waals surface area (Å²) in [6.07, 6.45) is 3.11. The van der Waals surface area contributed by atoms with E-state index in [-0.39, 0.29) is 0 Å². The first kappa shape index (κ1) is 21.1. The maximum atomic E-state index is 6.33. The third kappa shape index (κ3) is 5.67. The number of halogens is 1. The second-order valence-corrected chi connectivity index (χ2v) is 8.07. The summed E-state index contributed by atoms with van der Waals surface area (Å²) in [5.41, 5.74) is 1.11. The van der Waals surface area contributed by atoms with Crippen LogP contribution in [-0.4, -0.2) is 62.3 Å². The molecular formula is C21H33ClN4O2. The Balaban J connectivity index is 1.54. The van der Waals surface area contributed by atoms with Gasteiger partial charge in [0, 0.05) is 38.3 Å². The number of piperidine rings is 1. The van der Waals surface area contributed by atoms with Crippen molar-refractivity contribution >= 4 is 17.6 Å². The van der Waals surface area contributed by atoms with Gasteiger partial charge in [-0.1, -0.05) is 11.6 Å². The van der Waals surface area contributed by atoms with Crippen LogP contribution in [0.3, 0.4) is 0 Å². The highest BCUT2D eigenvalue weighted by molar-refractivity contribution is 6.32. The van der Waals surface area contributed by atoms with Crippen LogP contribution < -0.4 is 20.1 Å². The molecule has 2 N–H and O–H groups in total. The number of aliphatic imine (C=N–C) groups is 1. The molecule has 0 amide bonds. The van der Waals surface area contributed by atoms with Crippen molar-refractivity contribution in [3.63, 3.8) is 0 Å². The number of benzene rings is 1. The van der Waals surface area contributed by atoms with Crippen LogP contribution in [0.2, 0.25) is 5.02 Å². The lowest BCUT2D eigenvalue weighted by Gasteiger charge is -2.35. The number of ether oxygens (including phenoxy) is 2. The van der Waals surface area contributed by atoms with Crippen LogP contribution in [0.4, 0.5) is 0 Å². The maximum Gasteiger partial charge on any atom is 0.191 e. The molecule has 3 rings (SSSR count). The monoisotopic (exact) mass is 408 g/mol. The molecule has 28 heavy (non-hydrogen) atoms. The molecule has 6 nitrogen and oxygen atoms in total. The SMILES string of the molecule is CCNC(=NCCc1cc(Cl)c2c(c1)OCCO2)NC1CCN(C(C)C)CC1. The first-order valence-corrected chi connectivity index (χ1v) is 10.8. The van der Waals surface area contributed by atoms with Crippen LogP contribution in [-0.2, 0) is 6.42 Å². The van der Waals surface area contributed by atoms with Gasteiger partial charge >= 0.3 is 0 Å². The second kappa shape index (κ2) is 10.2. The average molecular weight is 409 g/mol. The van der Waals surface area contributed by atoms with Gasteiger partial charge in [0.05, 0.1) is 5.02 Å². The summed E-state index contributed by atoms with van der Waals surface area (Å²) >= 11 is 6.33. The number of rotatable bonds is 6. The third-order valence-corrected chi connectivity index (χ3v) is 5.55. The molecule has 156 valence electrons. The summed E-state index contributed by atoms with van der Waals surface area (Å²) in [6.45, 7) is 11.6. The van der Waals surface area contributed by atoms with E-state index in [1.165, 1.54) is 0 Å². The van der Waals surface area contributed by atoms with Crippen LogP contribution in [0, 0.1) is 0 Å². The molecule has 0 aromatic heterocycles. The summed E-state index contributed by atoms with van der Waals surface area (Å²) in [5, 5.41) is 7.58. The molecule has 2 heterocycles. The quantitative estimate of drug-likeness (QED) is 0.559. The standard InChI is InChI=1S/C21H33ClN4O2/c1-4-23-21(25-17-6-9-26(10-7-17)15(2)3)24-8-5-16-13-18(22)20-19(14-16)27-11-12-28-20/h13-15,17H,4-12H2,1-3H3,(H2,23,24,25). The molecule has 1 aromatic carbocycles. The highest BCUT2D eigenvalue weighted by Crippen LogP contribution is 2.38. The normalized spacial score (nSPS) is 18.4. The Hall–Kier alpha value is -1.66. The molecule has 1 aromatic rings. The van der Waals surface area contributed by atoms with Gasteiger partial charge in [0.25, 0.3) is 0 Å². The molecule has 0 atom stereocenters. The summed E-state index contributed by atoms with van der Waals surface area (Å²) in [6, 6.07) is 5.07. The molecule has 0 unspecified atom stereocenters. The van der Waals surface area contributed by atoms with Gasteiger partial charge < -0.3 is 25.0 Å². The fraction of sp³-hybridized carbons (Fsp3) is 0.667. The van der Waals surface area contributed by atoms with E-state index in [9.17, 15) is 0 Å². The fourth-order valence-corrected chi connectivity index (χ4v) is 3.97. The van der Waals surface area contributed by atoms with Gasteiger partial charge in [0.2, 0.25) is 0 Å². The molecule has 0 saturated carbocycles. The lowest BCUT2D eigenvalue weighted by molar-refractivity contribution is 0.167. The van der Waals surface area contributed by atoms with Crippen molar-refractivity contribution < 1.29 is 9.47 Å². The minimum atomic E-state index is 0.483. The molecule has 2 aliphatic rings. The van der Waals surface area contributed by atoms with E-state index in [1.54, 1.807) is 0 Å². The Morgan fingerprint density at radius 1 is 1.25 bits per heavy atom. The zero-order valence-electron chi connectivity index (χ0n) is 17.3. The molecular weight excluding hydrogens is 376 g/mol. The number of nitrogens with one attached hydrogen (secondary N) is 2. The first-order chi connectivity index (χ1) is 13.6. The van der Waals surface area contributed by atoms with Gasteiger partial charge in [0.15, 0.2) is 17.5 Å². The summed E-state index contributed by atoms with van der Waals surface area (Å²) in [4.78, 5) is 7.30. The molecule has 0 radical (unpaired) electrons. The van der Waals surface area contributed by atoms with E-state index in [0.717, 1.165) is 56.2 Å². The molecule has 1 fully saturated rings. The van der Waals surface area contributed by atoms with E-state index in [1.807, 2.05) is 12.1 Å². The molecule has 0 aliphatic carbocycles. The summed E-state index contributed by atoms with van der Waals surface area (Å²) in [5.74, 6) is 2.29. The van der Waals surface area contributed by atoms with Crippen molar-refractivity contribution in [2.45, 2.75) is 52.1 Å². The average Bonchev–Trinajstić information content (AvgIpc) is 2.68. The van der Waals surface area contributed by atoms with Gasteiger partial charge in [-0.3, -0.25) is 4.99 Å². The van der Waals surface area contributed by atoms with Crippen molar-refractivity contribution in [3.8, 4) is 11.5 Å². The van der Waals surface area contributed by atoms with Gasteiger partial charge in [-0.15, -0.1) is 0 Å². The highest BCUT2D eigenvalue weighted by atomic mass is 35.5. The van der Waals surface area contributed by atoms with E-state index in [4.69, 9.17) is 26.1 Å². The third-order valence-electron chi connectivity index (χ3n) is 5.27. The smallest absolute Gasteiger partial charge is 0.191 e. The summed E-state index contributed by atoms with van der Waals surface area (Å²) < 4.78 is 11.2. The van der Waals surface area contributed by atoms with E-state index < -0.39 is 0 Å². The zero-order chi connectivity index (χ0) is 19.9. The van der Waals surface area contributed by atoms with Gasteiger partial charge in [-0.05, 0) is 57.7 Å². The Morgan fingerprint density at radius 3 is 2.71 bits per heavy atom. The molecule has 7 heteroatoms. The number of guanidine groups is 1. The van der Waals surface area contributed by atoms with Crippen LogP contribution in [0.1, 0.15) is 39.2 Å². The lowest BCUT2D eigenvalue weighted by Crippen LogP contribution is -2.49.